The van der Waals surface area contributed by atoms with Gasteiger partial charge in [0.05, 0.1) is 17.8 Å². The summed E-state index contributed by atoms with van der Waals surface area (Å²) in [7, 11) is 0. The van der Waals surface area contributed by atoms with Crippen LogP contribution < -0.4 is 10.9 Å². The molecule has 9 heteroatoms. The molecule has 1 aliphatic rings. The number of benzene rings is 1. The third-order valence-corrected chi connectivity index (χ3v) is 7.97. The fourth-order valence-corrected chi connectivity index (χ4v) is 6.49. The summed E-state index contributed by atoms with van der Waals surface area (Å²) in [5, 5.41) is 7.39. The van der Waals surface area contributed by atoms with Gasteiger partial charge in [-0.1, -0.05) is 18.2 Å². The molecule has 4 heterocycles. The van der Waals surface area contributed by atoms with Crippen LogP contribution in [0.2, 0.25) is 0 Å². The molecule has 1 amide bonds. The van der Waals surface area contributed by atoms with E-state index in [0.717, 1.165) is 21.8 Å². The van der Waals surface area contributed by atoms with Crippen molar-refractivity contribution in [3.63, 3.8) is 0 Å². The Morgan fingerprint density at radius 3 is 3.00 bits per heavy atom. The Morgan fingerprint density at radius 1 is 1.27 bits per heavy atom. The minimum Gasteiger partial charge on any atom is -0.348 e. The number of amides is 1. The highest BCUT2D eigenvalue weighted by Crippen LogP contribution is 2.37. The van der Waals surface area contributed by atoms with E-state index in [4.69, 9.17) is 0 Å². The monoisotopic (exact) mass is 457 g/mol. The van der Waals surface area contributed by atoms with Gasteiger partial charge in [-0.05, 0) is 29.5 Å². The minimum absolute atomic E-state index is 0.129. The molecular formula is C21H16FN3O2S3. The number of nitrogens with zero attached hydrogens (tertiary/aromatic N) is 2. The summed E-state index contributed by atoms with van der Waals surface area (Å²) >= 11 is 4.45. The number of rotatable bonds is 4. The smallest absolute Gasteiger partial charge is 0.263 e. The van der Waals surface area contributed by atoms with Crippen LogP contribution in [0.1, 0.15) is 18.0 Å². The van der Waals surface area contributed by atoms with Crippen LogP contribution in [-0.2, 0) is 11.3 Å². The van der Waals surface area contributed by atoms with Crippen molar-refractivity contribution >= 4 is 50.6 Å². The highest BCUT2D eigenvalue weighted by Gasteiger charge is 2.25. The molecule has 4 aromatic rings. The van der Waals surface area contributed by atoms with E-state index in [1.165, 1.54) is 40.1 Å². The molecule has 0 aliphatic carbocycles. The highest BCUT2D eigenvalue weighted by atomic mass is 32.2. The van der Waals surface area contributed by atoms with Gasteiger partial charge in [-0.25, -0.2) is 9.37 Å². The van der Waals surface area contributed by atoms with Crippen LogP contribution >= 0.6 is 34.4 Å². The fourth-order valence-electron chi connectivity index (χ4n) is 3.62. The molecule has 1 N–H and O–H groups in total. The predicted molar refractivity (Wildman–Crippen MR) is 120 cm³/mol. The molecule has 1 aromatic carbocycles. The molecule has 152 valence electrons. The largest absolute Gasteiger partial charge is 0.348 e. The SMILES string of the molecule is O=C(Cn1cnc2scc(-c3cccs3)c2c1=O)NC1CCSc2c(F)cccc21. The molecule has 1 atom stereocenters. The van der Waals surface area contributed by atoms with Crippen molar-refractivity contribution in [3.05, 3.63) is 69.2 Å². The third kappa shape index (κ3) is 3.46. The van der Waals surface area contributed by atoms with E-state index >= 15 is 0 Å². The fraction of sp³-hybridized carbons (Fsp3) is 0.190. The van der Waals surface area contributed by atoms with Crippen molar-refractivity contribution in [1.82, 2.24) is 14.9 Å². The molecule has 0 fully saturated rings. The first-order chi connectivity index (χ1) is 14.6. The maximum atomic E-state index is 14.1. The molecule has 5 rings (SSSR count). The van der Waals surface area contributed by atoms with Crippen LogP contribution in [0.4, 0.5) is 4.39 Å². The number of aromatic nitrogens is 2. The molecule has 1 aliphatic heterocycles. The average Bonchev–Trinajstić information content (AvgIpc) is 3.41. The van der Waals surface area contributed by atoms with Gasteiger partial charge in [0.25, 0.3) is 5.56 Å². The van der Waals surface area contributed by atoms with E-state index in [1.54, 1.807) is 17.4 Å². The Morgan fingerprint density at radius 2 is 2.17 bits per heavy atom. The molecule has 0 bridgehead atoms. The summed E-state index contributed by atoms with van der Waals surface area (Å²) < 4.78 is 15.4. The first kappa shape index (κ1) is 19.5. The Balaban J connectivity index is 1.41. The first-order valence-corrected chi connectivity index (χ1v) is 12.1. The van der Waals surface area contributed by atoms with E-state index in [0.29, 0.717) is 21.5 Å². The van der Waals surface area contributed by atoms with Crippen molar-refractivity contribution in [2.75, 3.05) is 5.75 Å². The van der Waals surface area contributed by atoms with E-state index in [-0.39, 0.29) is 29.9 Å². The number of carbonyl (C=O) groups excluding carboxylic acids is 1. The maximum absolute atomic E-state index is 14.1. The molecule has 3 aromatic heterocycles. The number of carbonyl (C=O) groups is 1. The Bertz CT molecular complexity index is 1300. The Kier molecular flexibility index (Phi) is 5.18. The van der Waals surface area contributed by atoms with Gasteiger partial charge >= 0.3 is 0 Å². The molecule has 0 spiro atoms. The lowest BCUT2D eigenvalue weighted by Crippen LogP contribution is -2.36. The topological polar surface area (TPSA) is 64.0 Å². The zero-order valence-corrected chi connectivity index (χ0v) is 18.1. The number of fused-ring (bicyclic) bond motifs is 2. The van der Waals surface area contributed by atoms with Gasteiger partial charge in [-0.3, -0.25) is 14.2 Å². The van der Waals surface area contributed by atoms with Crippen molar-refractivity contribution in [3.8, 4) is 10.4 Å². The van der Waals surface area contributed by atoms with Crippen LogP contribution in [0, 0.1) is 5.82 Å². The van der Waals surface area contributed by atoms with Crippen LogP contribution in [0.15, 0.2) is 57.1 Å². The Hall–Kier alpha value is -2.49. The second-order valence-corrected chi connectivity index (χ2v) is 9.81. The number of thioether (sulfide) groups is 1. The average molecular weight is 458 g/mol. The molecular weight excluding hydrogens is 441 g/mol. The summed E-state index contributed by atoms with van der Waals surface area (Å²) in [6.45, 7) is -0.129. The summed E-state index contributed by atoms with van der Waals surface area (Å²) in [5.74, 6) is 0.171. The number of hydrogen-bond acceptors (Lipinski definition) is 6. The molecule has 5 nitrogen and oxygen atoms in total. The van der Waals surface area contributed by atoms with Gasteiger partial charge in [0, 0.05) is 26.5 Å². The van der Waals surface area contributed by atoms with Crippen molar-refractivity contribution in [1.29, 1.82) is 0 Å². The van der Waals surface area contributed by atoms with Crippen molar-refractivity contribution in [2.24, 2.45) is 0 Å². The quantitative estimate of drug-likeness (QED) is 0.483. The zero-order valence-electron chi connectivity index (χ0n) is 15.6. The summed E-state index contributed by atoms with van der Waals surface area (Å²) in [5.41, 5.74) is 1.41. The zero-order chi connectivity index (χ0) is 20.7. The van der Waals surface area contributed by atoms with Crippen LogP contribution in [0.3, 0.4) is 0 Å². The highest BCUT2D eigenvalue weighted by molar-refractivity contribution is 7.99. The van der Waals surface area contributed by atoms with Crippen molar-refractivity contribution < 1.29 is 9.18 Å². The van der Waals surface area contributed by atoms with E-state index in [2.05, 4.69) is 10.3 Å². The molecule has 0 saturated carbocycles. The second kappa shape index (κ2) is 7.98. The van der Waals surface area contributed by atoms with Gasteiger partial charge in [-0.15, -0.1) is 34.4 Å². The van der Waals surface area contributed by atoms with Gasteiger partial charge in [0.15, 0.2) is 0 Å². The van der Waals surface area contributed by atoms with Gasteiger partial charge < -0.3 is 5.32 Å². The Labute approximate surface area is 183 Å². The summed E-state index contributed by atoms with van der Waals surface area (Å²) in [6.07, 6.45) is 2.13. The summed E-state index contributed by atoms with van der Waals surface area (Å²) in [4.78, 5) is 32.4. The van der Waals surface area contributed by atoms with E-state index in [1.807, 2.05) is 29.0 Å². The summed E-state index contributed by atoms with van der Waals surface area (Å²) in [6, 6.07) is 8.57. The molecule has 1 unspecified atom stereocenters. The molecule has 30 heavy (non-hydrogen) atoms. The van der Waals surface area contributed by atoms with Crippen LogP contribution in [0.25, 0.3) is 20.7 Å². The first-order valence-electron chi connectivity index (χ1n) is 9.33. The minimum atomic E-state index is -0.293. The van der Waals surface area contributed by atoms with Crippen LogP contribution in [0.5, 0.6) is 0 Å². The lowest BCUT2D eigenvalue weighted by Gasteiger charge is -2.26. The second-order valence-electron chi connectivity index (χ2n) is 6.90. The number of nitrogens with one attached hydrogen (secondary N) is 1. The van der Waals surface area contributed by atoms with Gasteiger partial charge in [0.1, 0.15) is 17.2 Å². The lowest BCUT2D eigenvalue weighted by molar-refractivity contribution is -0.122. The third-order valence-electron chi connectivity index (χ3n) is 5.02. The predicted octanol–water partition coefficient (Wildman–Crippen LogP) is 4.68. The van der Waals surface area contributed by atoms with Gasteiger partial charge in [-0.2, -0.15) is 0 Å². The standard InChI is InChI=1S/C21H16FN3O2S3/c22-14-4-1-3-12-15(6-8-29-19(12)14)24-17(26)9-25-11-23-20-18(21(25)27)13(10-30-20)16-5-2-7-28-16/h1-5,7,10-11,15H,6,8-9H2,(H,24,26). The number of halogens is 1. The normalized spacial score (nSPS) is 15.8. The number of hydrogen-bond donors (Lipinski definition) is 1. The lowest BCUT2D eigenvalue weighted by atomic mass is 10.0. The van der Waals surface area contributed by atoms with Crippen LogP contribution in [-0.4, -0.2) is 21.2 Å². The molecule has 0 saturated heterocycles. The van der Waals surface area contributed by atoms with Crippen molar-refractivity contribution in [2.45, 2.75) is 23.9 Å². The molecule has 0 radical (unpaired) electrons. The van der Waals surface area contributed by atoms with Gasteiger partial charge in [0.2, 0.25) is 5.91 Å². The maximum Gasteiger partial charge on any atom is 0.263 e. The number of thiophene rings is 2. The van der Waals surface area contributed by atoms with E-state index in [9.17, 15) is 14.0 Å². The van der Waals surface area contributed by atoms with E-state index < -0.39 is 0 Å².